The number of nitrogens with zero attached hydrogens (tertiary/aromatic N) is 3. The summed E-state index contributed by atoms with van der Waals surface area (Å²) in [6.45, 7) is 8.99. The molecule has 0 saturated carbocycles. The first-order valence-corrected chi connectivity index (χ1v) is 10.4. The number of carbonyl (C=O) groups is 1. The Labute approximate surface area is 166 Å². The van der Waals surface area contributed by atoms with E-state index in [1.807, 2.05) is 29.2 Å². The molecule has 2 amide bonds. The summed E-state index contributed by atoms with van der Waals surface area (Å²) in [5.74, 6) is 1.52. The molecule has 7 nitrogen and oxygen atoms in total. The van der Waals surface area contributed by atoms with E-state index in [1.54, 1.807) is 0 Å². The Morgan fingerprint density at radius 2 is 1.96 bits per heavy atom. The van der Waals surface area contributed by atoms with Gasteiger partial charge in [-0.15, -0.1) is 0 Å². The van der Waals surface area contributed by atoms with Crippen LogP contribution in [0.3, 0.4) is 0 Å². The zero-order valence-electron chi connectivity index (χ0n) is 16.6. The smallest absolute Gasteiger partial charge is 0.317 e. The number of fused-ring (bicyclic) bond motifs is 1. The largest absolute Gasteiger partial charge is 0.440 e. The summed E-state index contributed by atoms with van der Waals surface area (Å²) in [6.07, 6.45) is 1.78. The first kappa shape index (κ1) is 19.2. The number of urea groups is 1. The third-order valence-corrected chi connectivity index (χ3v) is 5.72. The van der Waals surface area contributed by atoms with Crippen molar-refractivity contribution in [3.8, 4) is 0 Å². The highest BCUT2D eigenvalue weighted by Gasteiger charge is 2.27. The number of ether oxygens (including phenoxy) is 1. The Morgan fingerprint density at radius 1 is 1.21 bits per heavy atom. The lowest BCUT2D eigenvalue weighted by molar-refractivity contribution is 0.0318. The molecule has 2 aliphatic heterocycles. The number of likely N-dealkylation sites (tertiary alicyclic amines) is 1. The molecule has 7 heteroatoms. The van der Waals surface area contributed by atoms with Gasteiger partial charge in [0.2, 0.25) is 0 Å². The Morgan fingerprint density at radius 3 is 2.71 bits per heavy atom. The molecular formula is C21H30N4O3. The van der Waals surface area contributed by atoms with Crippen molar-refractivity contribution in [3.05, 3.63) is 30.2 Å². The maximum absolute atomic E-state index is 12.5. The first-order valence-electron chi connectivity index (χ1n) is 10.4. The van der Waals surface area contributed by atoms with Gasteiger partial charge in [-0.2, -0.15) is 0 Å². The van der Waals surface area contributed by atoms with E-state index in [9.17, 15) is 4.79 Å². The van der Waals surface area contributed by atoms with Gasteiger partial charge in [0.05, 0.1) is 13.2 Å². The number of para-hydroxylation sites is 2. The number of benzene rings is 1. The molecule has 0 radical (unpaired) electrons. The van der Waals surface area contributed by atoms with Gasteiger partial charge in [0.1, 0.15) is 5.52 Å². The Hall–Kier alpha value is -2.12. The van der Waals surface area contributed by atoms with Crippen LogP contribution < -0.4 is 5.32 Å². The van der Waals surface area contributed by atoms with E-state index in [2.05, 4.69) is 22.1 Å². The van der Waals surface area contributed by atoms with Crippen LogP contribution in [0.2, 0.25) is 0 Å². The lowest BCUT2D eigenvalue weighted by Gasteiger charge is -2.32. The van der Waals surface area contributed by atoms with Gasteiger partial charge >= 0.3 is 6.03 Å². The Balaban J connectivity index is 1.21. The number of hydrogen-bond donors (Lipinski definition) is 1. The molecule has 0 aliphatic carbocycles. The predicted octanol–water partition coefficient (Wildman–Crippen LogP) is 2.69. The number of rotatable bonds is 5. The molecule has 1 aromatic carbocycles. The van der Waals surface area contributed by atoms with Crippen molar-refractivity contribution in [2.75, 3.05) is 52.5 Å². The van der Waals surface area contributed by atoms with E-state index in [4.69, 9.17) is 9.15 Å². The van der Waals surface area contributed by atoms with Gasteiger partial charge in [-0.1, -0.05) is 19.1 Å². The van der Waals surface area contributed by atoms with Crippen molar-refractivity contribution in [3.63, 3.8) is 0 Å². The summed E-state index contributed by atoms with van der Waals surface area (Å²) in [5, 5.41) is 3.11. The lowest BCUT2D eigenvalue weighted by atomic mass is 9.97. The van der Waals surface area contributed by atoms with Crippen LogP contribution in [-0.4, -0.2) is 73.3 Å². The van der Waals surface area contributed by atoms with Crippen molar-refractivity contribution in [1.29, 1.82) is 0 Å². The molecule has 1 aromatic heterocycles. The van der Waals surface area contributed by atoms with E-state index >= 15 is 0 Å². The Kier molecular flexibility index (Phi) is 6.12. The number of carbonyl (C=O) groups excluding carboxylic acids is 1. The highest BCUT2D eigenvalue weighted by molar-refractivity contribution is 5.74. The fraction of sp³-hybridized carbons (Fsp3) is 0.619. The highest BCUT2D eigenvalue weighted by atomic mass is 16.5. The van der Waals surface area contributed by atoms with Crippen LogP contribution >= 0.6 is 0 Å². The van der Waals surface area contributed by atoms with Crippen molar-refractivity contribution in [1.82, 2.24) is 20.1 Å². The minimum Gasteiger partial charge on any atom is -0.440 e. The third kappa shape index (κ3) is 4.64. The zero-order valence-corrected chi connectivity index (χ0v) is 16.6. The summed E-state index contributed by atoms with van der Waals surface area (Å²) in [4.78, 5) is 21.5. The van der Waals surface area contributed by atoms with Gasteiger partial charge in [-0.05, 0) is 30.9 Å². The highest BCUT2D eigenvalue weighted by Crippen LogP contribution is 2.29. The maximum Gasteiger partial charge on any atom is 0.317 e. The molecule has 4 rings (SSSR count). The van der Waals surface area contributed by atoms with Gasteiger partial charge in [0.15, 0.2) is 11.5 Å². The molecule has 1 unspecified atom stereocenters. The van der Waals surface area contributed by atoms with Crippen LogP contribution in [0, 0.1) is 5.92 Å². The van der Waals surface area contributed by atoms with Gasteiger partial charge in [-0.25, -0.2) is 9.78 Å². The standard InChI is InChI=1S/C21H30N4O3/c1-16(15-24-10-12-27-13-11-24)14-22-21(26)25-8-6-17(7-9-25)20-23-18-4-2-3-5-19(18)28-20/h2-5,16-17H,6-15H2,1H3,(H,22,26). The monoisotopic (exact) mass is 386 g/mol. The van der Waals surface area contributed by atoms with Crippen molar-refractivity contribution < 1.29 is 13.9 Å². The summed E-state index contributed by atoms with van der Waals surface area (Å²) in [5.41, 5.74) is 1.75. The minimum absolute atomic E-state index is 0.0462. The van der Waals surface area contributed by atoms with E-state index < -0.39 is 0 Å². The molecule has 0 bridgehead atoms. The summed E-state index contributed by atoms with van der Waals surface area (Å²) < 4.78 is 11.3. The minimum atomic E-state index is 0.0462. The average Bonchev–Trinajstić information content (AvgIpc) is 3.17. The molecular weight excluding hydrogens is 356 g/mol. The summed E-state index contributed by atoms with van der Waals surface area (Å²) >= 11 is 0. The molecule has 152 valence electrons. The van der Waals surface area contributed by atoms with Gasteiger partial charge in [0, 0.05) is 45.2 Å². The fourth-order valence-corrected chi connectivity index (χ4v) is 4.06. The second-order valence-corrected chi connectivity index (χ2v) is 7.99. The number of aromatic nitrogens is 1. The maximum atomic E-state index is 12.5. The van der Waals surface area contributed by atoms with E-state index in [-0.39, 0.29) is 11.9 Å². The predicted molar refractivity (Wildman–Crippen MR) is 107 cm³/mol. The molecule has 0 spiro atoms. The topological polar surface area (TPSA) is 70.8 Å². The number of piperidine rings is 1. The summed E-state index contributed by atoms with van der Waals surface area (Å²) in [6, 6.07) is 7.91. The van der Waals surface area contributed by atoms with Crippen LogP contribution in [0.25, 0.3) is 11.1 Å². The van der Waals surface area contributed by atoms with Gasteiger partial charge in [-0.3, -0.25) is 4.90 Å². The normalized spacial score (nSPS) is 20.4. The van der Waals surface area contributed by atoms with E-state index in [0.717, 1.165) is 75.8 Å². The quantitative estimate of drug-likeness (QED) is 0.856. The molecule has 2 aromatic rings. The number of hydrogen-bond acceptors (Lipinski definition) is 5. The molecule has 28 heavy (non-hydrogen) atoms. The van der Waals surface area contributed by atoms with Crippen molar-refractivity contribution >= 4 is 17.1 Å². The molecule has 3 heterocycles. The van der Waals surface area contributed by atoms with Crippen LogP contribution in [0.4, 0.5) is 4.79 Å². The molecule has 2 saturated heterocycles. The molecule has 1 atom stereocenters. The number of oxazole rings is 1. The zero-order chi connectivity index (χ0) is 19.3. The van der Waals surface area contributed by atoms with Gasteiger partial charge < -0.3 is 19.4 Å². The van der Waals surface area contributed by atoms with E-state index in [0.29, 0.717) is 12.5 Å². The van der Waals surface area contributed by atoms with Gasteiger partial charge in [0.25, 0.3) is 0 Å². The van der Waals surface area contributed by atoms with Crippen molar-refractivity contribution in [2.45, 2.75) is 25.7 Å². The number of nitrogens with one attached hydrogen (secondary N) is 1. The second-order valence-electron chi connectivity index (χ2n) is 7.99. The SMILES string of the molecule is CC(CNC(=O)N1CCC(c2nc3ccccc3o2)CC1)CN1CCOCC1. The van der Waals surface area contributed by atoms with Crippen LogP contribution in [0.1, 0.15) is 31.6 Å². The first-order chi connectivity index (χ1) is 13.7. The Bertz CT molecular complexity index is 746. The molecule has 1 N–H and O–H groups in total. The van der Waals surface area contributed by atoms with Crippen molar-refractivity contribution in [2.24, 2.45) is 5.92 Å². The molecule has 2 aliphatic rings. The van der Waals surface area contributed by atoms with Crippen LogP contribution in [0.15, 0.2) is 28.7 Å². The fourth-order valence-electron chi connectivity index (χ4n) is 4.06. The molecule has 2 fully saturated rings. The average molecular weight is 386 g/mol. The summed E-state index contributed by atoms with van der Waals surface area (Å²) in [7, 11) is 0. The van der Waals surface area contributed by atoms with Crippen LogP contribution in [0.5, 0.6) is 0 Å². The third-order valence-electron chi connectivity index (χ3n) is 5.72. The second kappa shape index (κ2) is 8.92. The van der Waals surface area contributed by atoms with E-state index in [1.165, 1.54) is 0 Å². The number of amides is 2. The van der Waals surface area contributed by atoms with Crippen LogP contribution in [-0.2, 0) is 4.74 Å². The lowest BCUT2D eigenvalue weighted by Crippen LogP contribution is -2.46. The number of morpholine rings is 1.